The Kier molecular flexibility index (Phi) is 8.33. The van der Waals surface area contributed by atoms with Gasteiger partial charge in [0.15, 0.2) is 6.10 Å². The quantitative estimate of drug-likeness (QED) is 0.391. The monoisotopic (exact) mass is 504 g/mol. The molecule has 0 spiro atoms. The molecule has 6 nitrogen and oxygen atoms in total. The van der Waals surface area contributed by atoms with Crippen molar-refractivity contribution in [2.45, 2.75) is 36.6 Å². The van der Waals surface area contributed by atoms with E-state index in [-0.39, 0.29) is 11.2 Å². The molecular formula is C29H32N2O4S. The van der Waals surface area contributed by atoms with Gasteiger partial charge in [-0.15, -0.1) is 11.8 Å². The van der Waals surface area contributed by atoms with Crippen LogP contribution in [0.5, 0.6) is 5.75 Å². The number of hydrogen-bond acceptors (Lipinski definition) is 6. The third-order valence-corrected chi connectivity index (χ3v) is 7.54. The SMILES string of the molecule is COc1ccc([C@@H]2Sc3cc(C)ccc3N(CCN(C)Cc3ccccc3)C(=O)[C@@H]2OC(C)=O)cc1. The predicted molar refractivity (Wildman–Crippen MR) is 143 cm³/mol. The number of likely N-dealkylation sites (N-methyl/N-ethyl adjacent to an activating group) is 1. The van der Waals surface area contributed by atoms with Crippen molar-refractivity contribution in [3.05, 3.63) is 89.5 Å². The van der Waals surface area contributed by atoms with Crippen LogP contribution in [0, 0.1) is 6.92 Å². The zero-order valence-corrected chi connectivity index (χ0v) is 22.0. The van der Waals surface area contributed by atoms with Crippen LogP contribution in [-0.4, -0.2) is 50.1 Å². The number of anilines is 1. The number of benzene rings is 3. The average molecular weight is 505 g/mol. The fraction of sp³-hybridized carbons (Fsp3) is 0.310. The number of esters is 1. The van der Waals surface area contributed by atoms with E-state index >= 15 is 0 Å². The summed E-state index contributed by atoms with van der Waals surface area (Å²) in [5.41, 5.74) is 4.06. The second-order valence-corrected chi connectivity index (χ2v) is 10.2. The average Bonchev–Trinajstić information content (AvgIpc) is 2.97. The number of carbonyl (C=O) groups is 2. The molecule has 0 saturated carbocycles. The molecule has 3 aromatic rings. The third kappa shape index (κ3) is 6.09. The molecule has 0 N–H and O–H groups in total. The van der Waals surface area contributed by atoms with Crippen molar-refractivity contribution in [1.82, 2.24) is 4.90 Å². The normalized spacial score (nSPS) is 17.5. The van der Waals surface area contributed by atoms with Gasteiger partial charge in [0.1, 0.15) is 5.75 Å². The van der Waals surface area contributed by atoms with Crippen LogP contribution in [0.1, 0.15) is 28.9 Å². The van der Waals surface area contributed by atoms with E-state index in [9.17, 15) is 9.59 Å². The van der Waals surface area contributed by atoms with Crippen LogP contribution in [-0.2, 0) is 20.9 Å². The highest BCUT2D eigenvalue weighted by Crippen LogP contribution is 2.47. The Bertz CT molecular complexity index is 1200. The number of nitrogens with zero attached hydrogens (tertiary/aromatic N) is 2. The number of thioether (sulfide) groups is 1. The van der Waals surface area contributed by atoms with E-state index in [2.05, 4.69) is 23.1 Å². The Balaban J connectivity index is 1.66. The molecule has 1 aliphatic rings. The number of hydrogen-bond donors (Lipinski definition) is 0. The van der Waals surface area contributed by atoms with Gasteiger partial charge < -0.3 is 19.3 Å². The first-order valence-corrected chi connectivity index (χ1v) is 12.9. The Morgan fingerprint density at radius 1 is 1.06 bits per heavy atom. The lowest BCUT2D eigenvalue weighted by atomic mass is 10.1. The van der Waals surface area contributed by atoms with Crippen LogP contribution in [0.4, 0.5) is 5.69 Å². The molecule has 0 saturated heterocycles. The Morgan fingerprint density at radius 3 is 2.44 bits per heavy atom. The number of ether oxygens (including phenoxy) is 2. The summed E-state index contributed by atoms with van der Waals surface area (Å²) < 4.78 is 11.0. The number of aryl methyl sites for hydroxylation is 1. The predicted octanol–water partition coefficient (Wildman–Crippen LogP) is 5.25. The van der Waals surface area contributed by atoms with Crippen LogP contribution in [0.15, 0.2) is 77.7 Å². The maximum Gasteiger partial charge on any atom is 0.303 e. The summed E-state index contributed by atoms with van der Waals surface area (Å²) in [6.07, 6.45) is -0.951. The van der Waals surface area contributed by atoms with Gasteiger partial charge in [-0.05, 0) is 54.9 Å². The lowest BCUT2D eigenvalue weighted by Crippen LogP contribution is -2.45. The first-order valence-electron chi connectivity index (χ1n) is 12.0. The van der Waals surface area contributed by atoms with Gasteiger partial charge in [0.2, 0.25) is 0 Å². The Morgan fingerprint density at radius 2 is 1.78 bits per heavy atom. The Hall–Kier alpha value is -3.29. The molecular weight excluding hydrogens is 472 g/mol. The number of fused-ring (bicyclic) bond motifs is 1. The van der Waals surface area contributed by atoms with E-state index < -0.39 is 12.1 Å². The summed E-state index contributed by atoms with van der Waals surface area (Å²) in [6.45, 7) is 5.31. The molecule has 1 aliphatic heterocycles. The molecule has 4 rings (SSSR count). The summed E-state index contributed by atoms with van der Waals surface area (Å²) >= 11 is 1.56. The van der Waals surface area contributed by atoms with Gasteiger partial charge in [-0.25, -0.2) is 0 Å². The molecule has 0 radical (unpaired) electrons. The van der Waals surface area contributed by atoms with Crippen LogP contribution in [0.2, 0.25) is 0 Å². The van der Waals surface area contributed by atoms with E-state index in [0.717, 1.165) is 34.0 Å². The van der Waals surface area contributed by atoms with Gasteiger partial charge in [-0.1, -0.05) is 48.5 Å². The van der Waals surface area contributed by atoms with Crippen molar-refractivity contribution in [1.29, 1.82) is 0 Å². The zero-order chi connectivity index (χ0) is 25.7. The molecule has 3 aromatic carbocycles. The molecule has 0 bridgehead atoms. The lowest BCUT2D eigenvalue weighted by Gasteiger charge is -2.29. The first kappa shape index (κ1) is 25.8. The minimum atomic E-state index is -0.951. The summed E-state index contributed by atoms with van der Waals surface area (Å²) in [5, 5.41) is -0.389. The zero-order valence-electron chi connectivity index (χ0n) is 21.1. The molecule has 0 unspecified atom stereocenters. The van der Waals surface area contributed by atoms with Crippen LogP contribution >= 0.6 is 11.8 Å². The first-order chi connectivity index (χ1) is 17.4. The molecule has 36 heavy (non-hydrogen) atoms. The van der Waals surface area contributed by atoms with Crippen molar-refractivity contribution in [2.24, 2.45) is 0 Å². The molecule has 0 fully saturated rings. The maximum atomic E-state index is 14.0. The van der Waals surface area contributed by atoms with Crippen molar-refractivity contribution >= 4 is 29.3 Å². The second kappa shape index (κ2) is 11.6. The molecule has 0 aliphatic carbocycles. The molecule has 2 atom stereocenters. The lowest BCUT2D eigenvalue weighted by molar-refractivity contribution is -0.152. The van der Waals surface area contributed by atoms with Crippen molar-refractivity contribution in [3.63, 3.8) is 0 Å². The molecule has 7 heteroatoms. The molecule has 1 amide bonds. The van der Waals surface area contributed by atoms with Crippen LogP contribution < -0.4 is 9.64 Å². The maximum absolute atomic E-state index is 14.0. The van der Waals surface area contributed by atoms with Gasteiger partial charge in [-0.2, -0.15) is 0 Å². The van der Waals surface area contributed by atoms with Gasteiger partial charge >= 0.3 is 5.97 Å². The van der Waals surface area contributed by atoms with Crippen molar-refractivity contribution < 1.29 is 19.1 Å². The number of amides is 1. The van der Waals surface area contributed by atoms with Gasteiger partial charge in [-0.3, -0.25) is 9.59 Å². The molecule has 1 heterocycles. The third-order valence-electron chi connectivity index (χ3n) is 6.18. The number of methoxy groups -OCH3 is 1. The standard InChI is InChI=1S/C29H32N2O4S/c1-20-10-15-25-26(18-20)36-28(23-11-13-24(34-4)14-12-23)27(35-21(2)32)29(33)31(25)17-16-30(3)19-22-8-6-5-7-9-22/h5-15,18,27-28H,16-17,19H2,1-4H3/t27-,28+/m1/s1. The van der Waals surface area contributed by atoms with E-state index in [1.165, 1.54) is 12.5 Å². The summed E-state index contributed by atoms with van der Waals surface area (Å²) in [6, 6.07) is 23.9. The molecule has 0 aromatic heterocycles. The fourth-order valence-corrected chi connectivity index (χ4v) is 5.76. The Labute approximate surface area is 217 Å². The minimum Gasteiger partial charge on any atom is -0.497 e. The molecule has 188 valence electrons. The fourth-order valence-electron chi connectivity index (χ4n) is 4.34. The van der Waals surface area contributed by atoms with E-state index in [1.807, 2.05) is 68.6 Å². The smallest absolute Gasteiger partial charge is 0.303 e. The highest BCUT2D eigenvalue weighted by atomic mass is 32.2. The van der Waals surface area contributed by atoms with Gasteiger partial charge in [0, 0.05) is 31.5 Å². The van der Waals surface area contributed by atoms with Crippen LogP contribution in [0.25, 0.3) is 0 Å². The second-order valence-electron chi connectivity index (χ2n) is 9.03. The topological polar surface area (TPSA) is 59.1 Å². The minimum absolute atomic E-state index is 0.214. The summed E-state index contributed by atoms with van der Waals surface area (Å²) in [4.78, 5) is 31.1. The summed E-state index contributed by atoms with van der Waals surface area (Å²) in [5.74, 6) is 0.0389. The highest BCUT2D eigenvalue weighted by Gasteiger charge is 2.40. The summed E-state index contributed by atoms with van der Waals surface area (Å²) in [7, 11) is 3.66. The largest absolute Gasteiger partial charge is 0.497 e. The van der Waals surface area contributed by atoms with E-state index in [0.29, 0.717) is 13.1 Å². The van der Waals surface area contributed by atoms with Crippen LogP contribution in [0.3, 0.4) is 0 Å². The van der Waals surface area contributed by atoms with Gasteiger partial charge in [0.25, 0.3) is 5.91 Å². The van der Waals surface area contributed by atoms with Crippen molar-refractivity contribution in [2.75, 3.05) is 32.1 Å². The van der Waals surface area contributed by atoms with E-state index in [4.69, 9.17) is 9.47 Å². The number of carbonyl (C=O) groups excluding carboxylic acids is 2. The van der Waals surface area contributed by atoms with Gasteiger partial charge in [0.05, 0.1) is 18.0 Å². The highest BCUT2D eigenvalue weighted by molar-refractivity contribution is 7.99. The van der Waals surface area contributed by atoms with E-state index in [1.54, 1.807) is 23.8 Å². The van der Waals surface area contributed by atoms with Crippen molar-refractivity contribution in [3.8, 4) is 5.75 Å². The number of rotatable bonds is 8.